The molecule has 2 unspecified atom stereocenters. The van der Waals surface area contributed by atoms with Crippen molar-refractivity contribution in [3.05, 3.63) is 90.9 Å². The van der Waals surface area contributed by atoms with Gasteiger partial charge < -0.3 is 15.0 Å². The van der Waals surface area contributed by atoms with E-state index in [1.165, 1.54) is 55.3 Å². The molecule has 0 aliphatic rings. The molecule has 0 aliphatic carbocycles. The van der Waals surface area contributed by atoms with Gasteiger partial charge in [-0.15, -0.1) is 0 Å². The number of hydrogen-bond acceptors (Lipinski definition) is 7. The number of nitrogens with one attached hydrogen (secondary N) is 1. The second kappa shape index (κ2) is 15.8. The first kappa shape index (κ1) is 36.9. The summed E-state index contributed by atoms with van der Waals surface area (Å²) in [6.45, 7) is 5.96. The first-order valence-corrected chi connectivity index (χ1v) is 16.9. The SMILES string of the molecule is CCC(C)NC(=O)C(CC)N(Cc1ccc(Cl)cc1Cl)C(=O)CN(c1cc(Cl)ccc1OC)S(=O)(=O)c1ccc(C)c([N+](=O)[O-])c1. The number of methoxy groups -OCH3 is 1. The summed E-state index contributed by atoms with van der Waals surface area (Å²) in [4.78, 5) is 39.6. The molecule has 0 aliphatic heterocycles. The summed E-state index contributed by atoms with van der Waals surface area (Å²) in [5, 5.41) is 15.3. The molecule has 11 nitrogen and oxygen atoms in total. The number of aryl methyl sites for hydroxylation is 1. The first-order chi connectivity index (χ1) is 21.6. The minimum absolute atomic E-state index is 0.0660. The number of carbonyl (C=O) groups excluding carboxylic acids is 2. The van der Waals surface area contributed by atoms with Crippen molar-refractivity contribution in [3.8, 4) is 5.75 Å². The molecule has 0 saturated carbocycles. The van der Waals surface area contributed by atoms with Crippen LogP contribution in [0.25, 0.3) is 0 Å². The average molecular weight is 714 g/mol. The molecular weight excluding hydrogens is 679 g/mol. The number of nitro groups is 1. The quantitative estimate of drug-likeness (QED) is 0.143. The van der Waals surface area contributed by atoms with Crippen LogP contribution >= 0.6 is 34.8 Å². The number of hydrogen-bond donors (Lipinski definition) is 1. The number of carbonyl (C=O) groups is 2. The average Bonchev–Trinajstić information content (AvgIpc) is 3.00. The van der Waals surface area contributed by atoms with Crippen molar-refractivity contribution in [2.75, 3.05) is 18.0 Å². The van der Waals surface area contributed by atoms with E-state index in [0.717, 1.165) is 10.4 Å². The Morgan fingerprint density at radius 3 is 2.24 bits per heavy atom. The third-order valence-electron chi connectivity index (χ3n) is 7.40. The summed E-state index contributed by atoms with van der Waals surface area (Å²) in [6.07, 6.45) is 0.832. The predicted molar refractivity (Wildman–Crippen MR) is 179 cm³/mol. The zero-order valence-electron chi connectivity index (χ0n) is 25.9. The van der Waals surface area contributed by atoms with Crippen LogP contribution in [0, 0.1) is 17.0 Å². The lowest BCUT2D eigenvalue weighted by Crippen LogP contribution is -2.53. The van der Waals surface area contributed by atoms with Crippen LogP contribution in [0.4, 0.5) is 11.4 Å². The van der Waals surface area contributed by atoms with E-state index in [0.29, 0.717) is 17.0 Å². The summed E-state index contributed by atoms with van der Waals surface area (Å²) in [7, 11) is -3.35. The Hall–Kier alpha value is -3.58. The fourth-order valence-corrected chi connectivity index (χ4v) is 6.71. The Morgan fingerprint density at radius 2 is 1.65 bits per heavy atom. The lowest BCUT2D eigenvalue weighted by Gasteiger charge is -2.34. The lowest BCUT2D eigenvalue weighted by molar-refractivity contribution is -0.385. The van der Waals surface area contributed by atoms with Gasteiger partial charge in [0.25, 0.3) is 15.7 Å². The fourth-order valence-electron chi connectivity index (χ4n) is 4.64. The second-order valence-corrected chi connectivity index (χ2v) is 13.7. The third kappa shape index (κ3) is 8.61. The predicted octanol–water partition coefficient (Wildman–Crippen LogP) is 6.79. The number of rotatable bonds is 14. The third-order valence-corrected chi connectivity index (χ3v) is 9.97. The fraction of sp³-hybridized carbons (Fsp3) is 0.355. The number of nitrogens with zero attached hydrogens (tertiary/aromatic N) is 3. The molecule has 248 valence electrons. The zero-order chi connectivity index (χ0) is 34.3. The van der Waals surface area contributed by atoms with Crippen LogP contribution in [0.5, 0.6) is 5.75 Å². The van der Waals surface area contributed by atoms with E-state index >= 15 is 0 Å². The molecule has 0 spiro atoms. The summed E-state index contributed by atoms with van der Waals surface area (Å²) in [5.41, 5.74) is 0.208. The zero-order valence-corrected chi connectivity index (χ0v) is 29.0. The Bertz CT molecular complexity index is 1720. The van der Waals surface area contributed by atoms with Crippen molar-refractivity contribution >= 4 is 68.0 Å². The normalized spacial score (nSPS) is 12.6. The highest BCUT2D eigenvalue weighted by atomic mass is 35.5. The highest BCUT2D eigenvalue weighted by Gasteiger charge is 2.36. The maximum Gasteiger partial charge on any atom is 0.273 e. The van der Waals surface area contributed by atoms with Crippen LogP contribution in [0.15, 0.2) is 59.5 Å². The Labute approximate surface area is 283 Å². The minimum atomic E-state index is -4.67. The highest BCUT2D eigenvalue weighted by Crippen LogP contribution is 2.36. The Balaban J connectivity index is 2.21. The number of benzene rings is 3. The van der Waals surface area contributed by atoms with E-state index in [1.54, 1.807) is 19.1 Å². The number of nitro benzene ring substituents is 1. The molecule has 15 heteroatoms. The highest BCUT2D eigenvalue weighted by molar-refractivity contribution is 7.92. The molecule has 2 amide bonds. The number of anilines is 1. The smallest absolute Gasteiger partial charge is 0.273 e. The molecule has 0 heterocycles. The van der Waals surface area contributed by atoms with Gasteiger partial charge in [-0.3, -0.25) is 24.0 Å². The molecule has 0 radical (unpaired) electrons. The molecule has 3 aromatic rings. The summed E-state index contributed by atoms with van der Waals surface area (Å²) in [5.74, 6) is -1.13. The van der Waals surface area contributed by atoms with Crippen molar-refractivity contribution < 1.29 is 27.7 Å². The van der Waals surface area contributed by atoms with Gasteiger partial charge in [0.05, 0.1) is 22.6 Å². The molecule has 2 atom stereocenters. The van der Waals surface area contributed by atoms with Crippen molar-refractivity contribution in [2.45, 2.75) is 64.1 Å². The maximum atomic E-state index is 14.4. The molecule has 3 rings (SSSR count). The van der Waals surface area contributed by atoms with Crippen molar-refractivity contribution in [1.82, 2.24) is 10.2 Å². The van der Waals surface area contributed by atoms with Gasteiger partial charge in [0.1, 0.15) is 18.3 Å². The number of sulfonamides is 1. The van der Waals surface area contributed by atoms with Crippen LogP contribution in [-0.2, 0) is 26.2 Å². The topological polar surface area (TPSA) is 139 Å². The van der Waals surface area contributed by atoms with E-state index in [1.807, 2.05) is 13.8 Å². The summed E-state index contributed by atoms with van der Waals surface area (Å²) in [6, 6.07) is 11.2. The van der Waals surface area contributed by atoms with Gasteiger partial charge >= 0.3 is 0 Å². The van der Waals surface area contributed by atoms with Crippen molar-refractivity contribution in [3.63, 3.8) is 0 Å². The largest absolute Gasteiger partial charge is 0.495 e. The van der Waals surface area contributed by atoms with Gasteiger partial charge in [-0.1, -0.05) is 60.8 Å². The van der Waals surface area contributed by atoms with E-state index in [9.17, 15) is 28.1 Å². The van der Waals surface area contributed by atoms with Gasteiger partial charge in [-0.05, 0) is 68.7 Å². The minimum Gasteiger partial charge on any atom is -0.495 e. The molecule has 46 heavy (non-hydrogen) atoms. The monoisotopic (exact) mass is 712 g/mol. The van der Waals surface area contributed by atoms with Crippen molar-refractivity contribution in [1.29, 1.82) is 0 Å². The van der Waals surface area contributed by atoms with Gasteiger partial charge in [0.15, 0.2) is 0 Å². The van der Waals surface area contributed by atoms with Crippen LogP contribution in [0.3, 0.4) is 0 Å². The van der Waals surface area contributed by atoms with E-state index in [-0.39, 0.29) is 46.1 Å². The Kier molecular flexibility index (Phi) is 12.7. The van der Waals surface area contributed by atoms with Gasteiger partial charge in [-0.2, -0.15) is 0 Å². The molecular formula is C31H35Cl3N4O7S. The van der Waals surface area contributed by atoms with Gasteiger partial charge in [0, 0.05) is 39.3 Å². The van der Waals surface area contributed by atoms with Gasteiger partial charge in [-0.25, -0.2) is 8.42 Å². The molecule has 1 N–H and O–H groups in total. The number of ether oxygens (including phenoxy) is 1. The molecule has 3 aromatic carbocycles. The first-order valence-electron chi connectivity index (χ1n) is 14.3. The maximum absolute atomic E-state index is 14.4. The standard InChI is InChI=1S/C31H35Cl3N4O7S/c1-6-20(4)35-31(40)26(7-2)36(17-21-9-10-22(32)14-25(21)34)30(39)18-37(28-15-23(33)11-13-29(28)45-5)46(43,44)24-12-8-19(3)27(16-24)38(41)42/h8-16,20,26H,6-7,17-18H2,1-5H3,(H,35,40). The van der Waals surface area contributed by atoms with Crippen LogP contribution in [0.2, 0.25) is 15.1 Å². The molecule has 0 bridgehead atoms. The van der Waals surface area contributed by atoms with E-state index in [4.69, 9.17) is 39.5 Å². The number of halogens is 3. The number of amides is 2. The van der Waals surface area contributed by atoms with E-state index < -0.39 is 49.9 Å². The van der Waals surface area contributed by atoms with Gasteiger partial charge in [0.2, 0.25) is 11.8 Å². The van der Waals surface area contributed by atoms with Crippen LogP contribution in [-0.4, -0.2) is 55.8 Å². The molecule has 0 aromatic heterocycles. The van der Waals surface area contributed by atoms with Crippen LogP contribution in [0.1, 0.15) is 44.7 Å². The Morgan fingerprint density at radius 1 is 1.00 bits per heavy atom. The van der Waals surface area contributed by atoms with Crippen molar-refractivity contribution in [2.24, 2.45) is 0 Å². The summed E-state index contributed by atoms with van der Waals surface area (Å²) >= 11 is 18.8. The van der Waals surface area contributed by atoms with E-state index in [2.05, 4.69) is 5.32 Å². The molecule has 0 saturated heterocycles. The summed E-state index contributed by atoms with van der Waals surface area (Å²) < 4.78 is 34.8. The van der Waals surface area contributed by atoms with Crippen LogP contribution < -0.4 is 14.4 Å². The molecule has 0 fully saturated rings. The second-order valence-electron chi connectivity index (χ2n) is 10.5. The lowest BCUT2D eigenvalue weighted by atomic mass is 10.1.